The van der Waals surface area contributed by atoms with Crippen molar-refractivity contribution in [2.24, 2.45) is 0 Å². The molecule has 6 heteroatoms. The van der Waals surface area contributed by atoms with Gasteiger partial charge in [0.15, 0.2) is 6.61 Å². The Labute approximate surface area is 151 Å². The maximum absolute atomic E-state index is 12.1. The van der Waals surface area contributed by atoms with Crippen LogP contribution in [0.5, 0.6) is 17.5 Å². The Kier molecular flexibility index (Phi) is 5.77. The lowest BCUT2D eigenvalue weighted by atomic mass is 10.1. The summed E-state index contributed by atoms with van der Waals surface area (Å²) in [6.07, 6.45) is 4.06. The molecule has 6 nitrogen and oxygen atoms in total. The molecule has 0 spiro atoms. The van der Waals surface area contributed by atoms with Crippen molar-refractivity contribution in [1.29, 1.82) is 0 Å². The molecule has 0 aliphatic carbocycles. The van der Waals surface area contributed by atoms with Crippen molar-refractivity contribution in [2.75, 3.05) is 11.9 Å². The van der Waals surface area contributed by atoms with Crippen molar-refractivity contribution >= 4 is 11.6 Å². The molecule has 132 valence electrons. The van der Waals surface area contributed by atoms with E-state index in [1.807, 2.05) is 31.2 Å². The zero-order chi connectivity index (χ0) is 18.2. The molecule has 0 saturated heterocycles. The summed E-state index contributed by atoms with van der Waals surface area (Å²) in [5.41, 5.74) is 1.73. The molecule has 1 aromatic heterocycles. The third-order valence-corrected chi connectivity index (χ3v) is 3.60. The molecule has 0 atom stereocenters. The number of benzene rings is 2. The average Bonchev–Trinajstić information content (AvgIpc) is 2.69. The van der Waals surface area contributed by atoms with E-state index in [0.29, 0.717) is 11.4 Å². The number of carbonyl (C=O) groups is 1. The molecule has 0 aliphatic heterocycles. The fourth-order valence-corrected chi connectivity index (χ4v) is 2.33. The summed E-state index contributed by atoms with van der Waals surface area (Å²) in [7, 11) is 0. The number of hydrogen-bond acceptors (Lipinski definition) is 5. The highest BCUT2D eigenvalue weighted by Crippen LogP contribution is 2.20. The summed E-state index contributed by atoms with van der Waals surface area (Å²) in [5.74, 6) is 1.09. The van der Waals surface area contributed by atoms with Gasteiger partial charge in [-0.3, -0.25) is 4.79 Å². The van der Waals surface area contributed by atoms with Crippen molar-refractivity contribution in [2.45, 2.75) is 13.3 Å². The van der Waals surface area contributed by atoms with Crippen molar-refractivity contribution < 1.29 is 14.3 Å². The summed E-state index contributed by atoms with van der Waals surface area (Å²) in [6.45, 7) is 2.00. The van der Waals surface area contributed by atoms with Crippen LogP contribution in [-0.2, 0) is 11.2 Å². The molecule has 26 heavy (non-hydrogen) atoms. The zero-order valence-corrected chi connectivity index (χ0v) is 14.4. The summed E-state index contributed by atoms with van der Waals surface area (Å²) in [5, 5.41) is 2.79. The number of aromatic nitrogens is 2. The smallest absolute Gasteiger partial charge is 0.321 e. The minimum atomic E-state index is -0.226. The fraction of sp³-hybridized carbons (Fsp3) is 0.150. The SMILES string of the molecule is CCc1ccccc1OCC(=O)Nc1ccc(Oc2ncccn2)cc1. The first-order valence-electron chi connectivity index (χ1n) is 8.30. The van der Waals surface area contributed by atoms with Gasteiger partial charge in [0, 0.05) is 18.1 Å². The number of para-hydroxylation sites is 1. The number of aryl methyl sites for hydroxylation is 1. The maximum atomic E-state index is 12.1. The molecule has 1 heterocycles. The molecule has 0 radical (unpaired) electrons. The van der Waals surface area contributed by atoms with Crippen LogP contribution < -0.4 is 14.8 Å². The van der Waals surface area contributed by atoms with Gasteiger partial charge in [0.05, 0.1) is 0 Å². The van der Waals surface area contributed by atoms with E-state index < -0.39 is 0 Å². The zero-order valence-electron chi connectivity index (χ0n) is 14.4. The molecule has 3 rings (SSSR count). The summed E-state index contributed by atoms with van der Waals surface area (Å²) in [4.78, 5) is 20.1. The van der Waals surface area contributed by atoms with Crippen LogP contribution in [0.1, 0.15) is 12.5 Å². The molecular formula is C20H19N3O3. The number of carbonyl (C=O) groups excluding carboxylic acids is 1. The van der Waals surface area contributed by atoms with Gasteiger partial charge in [-0.15, -0.1) is 0 Å². The van der Waals surface area contributed by atoms with Crippen molar-refractivity contribution in [3.8, 4) is 17.5 Å². The molecule has 0 fully saturated rings. The second-order valence-corrected chi connectivity index (χ2v) is 5.46. The predicted molar refractivity (Wildman–Crippen MR) is 98.5 cm³/mol. The average molecular weight is 349 g/mol. The van der Waals surface area contributed by atoms with Gasteiger partial charge in [-0.1, -0.05) is 25.1 Å². The molecule has 3 aromatic rings. The standard InChI is InChI=1S/C20H19N3O3/c1-2-15-6-3-4-7-18(15)25-14-19(24)23-16-8-10-17(11-9-16)26-20-21-12-5-13-22-20/h3-13H,2,14H2,1H3,(H,23,24). The van der Waals surface area contributed by atoms with E-state index in [1.165, 1.54) is 0 Å². The molecule has 0 unspecified atom stereocenters. The molecule has 0 saturated carbocycles. The Morgan fingerprint density at radius 1 is 1.00 bits per heavy atom. The van der Waals surface area contributed by atoms with E-state index in [2.05, 4.69) is 15.3 Å². The van der Waals surface area contributed by atoms with Crippen LogP contribution in [-0.4, -0.2) is 22.5 Å². The lowest BCUT2D eigenvalue weighted by Gasteiger charge is -2.11. The number of amides is 1. The highest BCUT2D eigenvalue weighted by atomic mass is 16.5. The Morgan fingerprint density at radius 3 is 2.46 bits per heavy atom. The molecule has 0 bridgehead atoms. The van der Waals surface area contributed by atoms with Crippen molar-refractivity contribution in [1.82, 2.24) is 9.97 Å². The van der Waals surface area contributed by atoms with Crippen LogP contribution in [0, 0.1) is 0 Å². The quantitative estimate of drug-likeness (QED) is 0.701. The van der Waals surface area contributed by atoms with Gasteiger partial charge >= 0.3 is 6.01 Å². The largest absolute Gasteiger partial charge is 0.483 e. The molecular weight excluding hydrogens is 330 g/mol. The number of anilines is 1. The normalized spacial score (nSPS) is 10.2. The van der Waals surface area contributed by atoms with Crippen LogP contribution in [0.4, 0.5) is 5.69 Å². The molecule has 1 amide bonds. The minimum Gasteiger partial charge on any atom is -0.483 e. The monoisotopic (exact) mass is 349 g/mol. The lowest BCUT2D eigenvalue weighted by Crippen LogP contribution is -2.20. The van der Waals surface area contributed by atoms with Crippen molar-refractivity contribution in [3.05, 3.63) is 72.6 Å². The van der Waals surface area contributed by atoms with Gasteiger partial charge in [0.25, 0.3) is 5.91 Å². The number of hydrogen-bond donors (Lipinski definition) is 1. The Balaban J connectivity index is 1.53. The topological polar surface area (TPSA) is 73.3 Å². The van der Waals surface area contributed by atoms with Crippen LogP contribution >= 0.6 is 0 Å². The maximum Gasteiger partial charge on any atom is 0.321 e. The first kappa shape index (κ1) is 17.4. The first-order chi connectivity index (χ1) is 12.7. The van der Waals surface area contributed by atoms with Crippen molar-refractivity contribution in [3.63, 3.8) is 0 Å². The Morgan fingerprint density at radius 2 is 1.73 bits per heavy atom. The summed E-state index contributed by atoms with van der Waals surface area (Å²) < 4.78 is 11.1. The predicted octanol–water partition coefficient (Wildman–Crippen LogP) is 3.85. The van der Waals surface area contributed by atoms with E-state index in [4.69, 9.17) is 9.47 Å². The number of rotatable bonds is 7. The van der Waals surface area contributed by atoms with Gasteiger partial charge in [-0.05, 0) is 48.4 Å². The highest BCUT2D eigenvalue weighted by Gasteiger charge is 2.07. The highest BCUT2D eigenvalue weighted by molar-refractivity contribution is 5.91. The molecule has 1 N–H and O–H groups in total. The van der Waals surface area contributed by atoms with E-state index in [9.17, 15) is 4.79 Å². The minimum absolute atomic E-state index is 0.0485. The first-order valence-corrected chi connectivity index (χ1v) is 8.30. The van der Waals surface area contributed by atoms with E-state index >= 15 is 0 Å². The van der Waals surface area contributed by atoms with Crippen LogP contribution in [0.15, 0.2) is 67.0 Å². The number of ether oxygens (including phenoxy) is 2. The Hall–Kier alpha value is -3.41. The van der Waals surface area contributed by atoms with E-state index in [1.54, 1.807) is 42.7 Å². The molecule has 0 aliphatic rings. The lowest BCUT2D eigenvalue weighted by molar-refractivity contribution is -0.118. The van der Waals surface area contributed by atoms with Gasteiger partial charge < -0.3 is 14.8 Å². The van der Waals surface area contributed by atoms with Gasteiger partial charge in [-0.2, -0.15) is 0 Å². The van der Waals surface area contributed by atoms with Gasteiger partial charge in [-0.25, -0.2) is 9.97 Å². The van der Waals surface area contributed by atoms with Crippen LogP contribution in [0.25, 0.3) is 0 Å². The number of nitrogens with zero attached hydrogens (tertiary/aromatic N) is 2. The summed E-state index contributed by atoms with van der Waals surface area (Å²) >= 11 is 0. The number of nitrogens with one attached hydrogen (secondary N) is 1. The Bertz CT molecular complexity index is 852. The van der Waals surface area contributed by atoms with Gasteiger partial charge in [0.2, 0.25) is 0 Å². The fourth-order valence-electron chi connectivity index (χ4n) is 2.33. The summed E-state index contributed by atoms with van der Waals surface area (Å²) in [6, 6.07) is 16.6. The van der Waals surface area contributed by atoms with E-state index in [0.717, 1.165) is 17.7 Å². The second kappa shape index (κ2) is 8.62. The van der Waals surface area contributed by atoms with Crippen LogP contribution in [0.2, 0.25) is 0 Å². The molecule has 2 aromatic carbocycles. The van der Waals surface area contributed by atoms with Gasteiger partial charge in [0.1, 0.15) is 11.5 Å². The van der Waals surface area contributed by atoms with E-state index in [-0.39, 0.29) is 18.5 Å². The second-order valence-electron chi connectivity index (χ2n) is 5.46. The third kappa shape index (κ3) is 4.80. The third-order valence-electron chi connectivity index (χ3n) is 3.60. The van der Waals surface area contributed by atoms with Crippen LogP contribution in [0.3, 0.4) is 0 Å².